The van der Waals surface area contributed by atoms with Gasteiger partial charge in [0.25, 0.3) is 0 Å². The van der Waals surface area contributed by atoms with Crippen LogP contribution in [0.25, 0.3) is 0 Å². The van der Waals surface area contributed by atoms with Gasteiger partial charge in [-0.3, -0.25) is 10.6 Å². The summed E-state index contributed by atoms with van der Waals surface area (Å²) in [4.78, 5) is 1.91. The third-order valence-corrected chi connectivity index (χ3v) is 2.93. The Morgan fingerprint density at radius 3 is 2.50 bits per heavy atom. The van der Waals surface area contributed by atoms with Crippen LogP contribution in [0, 0.1) is 0 Å². The van der Waals surface area contributed by atoms with E-state index in [1.165, 1.54) is 0 Å². The molecule has 3 N–H and O–H groups in total. The average molecular weight is 231 g/mol. The van der Waals surface area contributed by atoms with E-state index >= 15 is 0 Å². The topological polar surface area (TPSA) is 57.0 Å². The average Bonchev–Trinajstić information content (AvgIpc) is 2.26. The molecule has 0 aromatic rings. The van der Waals surface area contributed by atoms with Crippen LogP contribution in [-0.4, -0.2) is 67.6 Å². The molecule has 1 aliphatic rings. The molecule has 1 aliphatic heterocycles. The molecule has 1 unspecified atom stereocenters. The van der Waals surface area contributed by atoms with E-state index in [-0.39, 0.29) is 0 Å². The zero-order valence-electron chi connectivity index (χ0n) is 10.9. The first-order valence-corrected chi connectivity index (χ1v) is 5.88. The number of ether oxygens (including phenoxy) is 1. The van der Waals surface area contributed by atoms with E-state index < -0.39 is 5.85 Å². The Hall–Kier alpha value is -0.240. The zero-order valence-corrected chi connectivity index (χ0v) is 10.9. The zero-order chi connectivity index (χ0) is 12.2. The lowest BCUT2D eigenvalue weighted by Gasteiger charge is -2.44. The summed E-state index contributed by atoms with van der Waals surface area (Å²) in [6, 6.07) is 0. The smallest absolute Gasteiger partial charge is 0.188 e. The molecule has 0 amide bonds. The molecule has 1 atom stereocenters. The van der Waals surface area contributed by atoms with Gasteiger partial charge >= 0.3 is 0 Å². The fraction of sp³-hybridized carbons (Fsp3) is 1.00. The Morgan fingerprint density at radius 2 is 2.00 bits per heavy atom. The van der Waals surface area contributed by atoms with Crippen LogP contribution >= 0.6 is 0 Å². The number of rotatable bonds is 5. The minimum atomic E-state index is -0.696. The Bertz CT molecular complexity index is 209. The predicted molar refractivity (Wildman–Crippen MR) is 64.2 cm³/mol. The van der Waals surface area contributed by atoms with Gasteiger partial charge in [-0.05, 0) is 14.1 Å². The van der Waals surface area contributed by atoms with Crippen molar-refractivity contribution in [3.63, 3.8) is 0 Å². The van der Waals surface area contributed by atoms with Gasteiger partial charge in [0.1, 0.15) is 0 Å². The van der Waals surface area contributed by atoms with Crippen LogP contribution in [0.15, 0.2) is 0 Å². The van der Waals surface area contributed by atoms with Crippen molar-refractivity contribution in [2.45, 2.75) is 19.7 Å². The number of morpholine rings is 1. The molecule has 1 rings (SSSR count). The van der Waals surface area contributed by atoms with Gasteiger partial charge < -0.3 is 4.74 Å². The van der Waals surface area contributed by atoms with Gasteiger partial charge in [0.2, 0.25) is 0 Å². The number of hydrazine groups is 2. The van der Waals surface area contributed by atoms with Crippen molar-refractivity contribution in [2.75, 3.05) is 46.9 Å². The number of hydrogen-bond donors (Lipinski definition) is 2. The third kappa shape index (κ3) is 3.38. The highest BCUT2D eigenvalue weighted by atomic mass is 16.5. The summed E-state index contributed by atoms with van der Waals surface area (Å²) in [5.41, 5.74) is 9.50. The maximum Gasteiger partial charge on any atom is 0.188 e. The first-order chi connectivity index (χ1) is 7.51. The van der Waals surface area contributed by atoms with Gasteiger partial charge in [-0.1, -0.05) is 13.8 Å². The van der Waals surface area contributed by atoms with Crippen LogP contribution in [0.5, 0.6) is 0 Å². The second kappa shape index (κ2) is 5.90. The van der Waals surface area contributed by atoms with Gasteiger partial charge in [-0.2, -0.15) is 5.53 Å². The van der Waals surface area contributed by atoms with Crippen LogP contribution in [0.2, 0.25) is 0 Å². The minimum absolute atomic E-state index is 0.642. The van der Waals surface area contributed by atoms with Crippen LogP contribution in [0.1, 0.15) is 13.8 Å². The number of hydrogen-bond acceptors (Lipinski definition) is 6. The summed E-state index contributed by atoms with van der Waals surface area (Å²) in [6.45, 7) is 8.32. The number of nitrogens with one attached hydrogen (secondary N) is 1. The van der Waals surface area contributed by atoms with Crippen LogP contribution in [0.3, 0.4) is 0 Å². The molecule has 96 valence electrons. The number of nitrogens with zero attached hydrogens (tertiary/aromatic N) is 3. The van der Waals surface area contributed by atoms with Gasteiger partial charge in [-0.15, -0.1) is 0 Å². The van der Waals surface area contributed by atoms with Crippen molar-refractivity contribution < 1.29 is 4.74 Å². The van der Waals surface area contributed by atoms with Crippen LogP contribution in [0.4, 0.5) is 0 Å². The van der Waals surface area contributed by atoms with Crippen LogP contribution < -0.4 is 11.3 Å². The molecule has 1 saturated heterocycles. The largest absolute Gasteiger partial charge is 0.345 e. The van der Waals surface area contributed by atoms with Gasteiger partial charge in [-0.25, -0.2) is 10.0 Å². The SMILES string of the molecule is CCN(CC)NN1CCOC(N)(N(C)C)C1. The fourth-order valence-corrected chi connectivity index (χ4v) is 1.65. The van der Waals surface area contributed by atoms with E-state index in [0.717, 1.165) is 19.6 Å². The summed E-state index contributed by atoms with van der Waals surface area (Å²) in [5, 5.41) is 4.25. The molecule has 0 spiro atoms. The summed E-state index contributed by atoms with van der Waals surface area (Å²) >= 11 is 0. The van der Waals surface area contributed by atoms with E-state index in [0.29, 0.717) is 13.2 Å². The summed E-state index contributed by atoms with van der Waals surface area (Å²) in [5.74, 6) is -0.696. The molecule has 0 aromatic heterocycles. The highest BCUT2D eigenvalue weighted by Gasteiger charge is 2.35. The molecule has 16 heavy (non-hydrogen) atoms. The van der Waals surface area contributed by atoms with Gasteiger partial charge in [0.05, 0.1) is 13.2 Å². The molecule has 0 aromatic carbocycles. The molecule has 0 bridgehead atoms. The normalized spacial score (nSPS) is 27.9. The van der Waals surface area contributed by atoms with Crippen molar-refractivity contribution in [3.05, 3.63) is 0 Å². The Kier molecular flexibility index (Phi) is 5.10. The van der Waals surface area contributed by atoms with Crippen molar-refractivity contribution in [2.24, 2.45) is 5.73 Å². The van der Waals surface area contributed by atoms with Crippen molar-refractivity contribution >= 4 is 0 Å². The Morgan fingerprint density at radius 1 is 1.38 bits per heavy atom. The van der Waals surface area contributed by atoms with E-state index in [2.05, 4.69) is 29.4 Å². The molecule has 6 heteroatoms. The molecule has 1 heterocycles. The number of likely N-dealkylation sites (N-methyl/N-ethyl adjacent to an activating group) is 1. The molecule has 6 nitrogen and oxygen atoms in total. The highest BCUT2D eigenvalue weighted by Crippen LogP contribution is 2.13. The lowest BCUT2D eigenvalue weighted by Crippen LogP contribution is -2.68. The van der Waals surface area contributed by atoms with Gasteiger partial charge in [0.15, 0.2) is 5.85 Å². The summed E-state index contributed by atoms with van der Waals surface area (Å²) in [6.07, 6.45) is 0. The lowest BCUT2D eigenvalue weighted by atomic mass is 10.3. The van der Waals surface area contributed by atoms with Crippen molar-refractivity contribution in [3.8, 4) is 0 Å². The molecule has 0 saturated carbocycles. The van der Waals surface area contributed by atoms with E-state index in [4.69, 9.17) is 10.5 Å². The first-order valence-electron chi connectivity index (χ1n) is 5.88. The highest BCUT2D eigenvalue weighted by molar-refractivity contribution is 4.78. The minimum Gasteiger partial charge on any atom is -0.345 e. The van der Waals surface area contributed by atoms with Crippen LogP contribution in [-0.2, 0) is 4.74 Å². The lowest BCUT2D eigenvalue weighted by molar-refractivity contribution is -0.200. The van der Waals surface area contributed by atoms with Crippen molar-refractivity contribution in [1.29, 1.82) is 0 Å². The van der Waals surface area contributed by atoms with Gasteiger partial charge in [0, 0.05) is 19.6 Å². The van der Waals surface area contributed by atoms with Crippen molar-refractivity contribution in [1.82, 2.24) is 20.5 Å². The van der Waals surface area contributed by atoms with E-state index in [1.54, 1.807) is 0 Å². The quantitative estimate of drug-likeness (QED) is 0.480. The molecule has 0 aliphatic carbocycles. The first kappa shape index (κ1) is 13.8. The summed E-state index contributed by atoms with van der Waals surface area (Å²) < 4.78 is 5.61. The maximum absolute atomic E-state index is 6.15. The molecule has 1 fully saturated rings. The Labute approximate surface area is 98.2 Å². The standard InChI is InChI=1S/C10H25N5O/c1-5-14(6-2)12-15-7-8-16-10(11,9-15)13(3)4/h12H,5-9,11H2,1-4H3. The number of nitrogens with two attached hydrogens (primary N) is 1. The molecular weight excluding hydrogens is 206 g/mol. The van der Waals surface area contributed by atoms with E-state index in [1.807, 2.05) is 19.0 Å². The second-order valence-electron chi connectivity index (χ2n) is 4.28. The van der Waals surface area contributed by atoms with E-state index in [9.17, 15) is 0 Å². The molecule has 0 radical (unpaired) electrons. The summed E-state index contributed by atoms with van der Waals surface area (Å²) in [7, 11) is 3.86. The Balaban J connectivity index is 2.50. The maximum atomic E-state index is 6.15. The fourth-order valence-electron chi connectivity index (χ4n) is 1.65. The monoisotopic (exact) mass is 231 g/mol. The molecular formula is C10H25N5O. The third-order valence-electron chi connectivity index (χ3n) is 2.93. The second-order valence-corrected chi connectivity index (χ2v) is 4.28. The predicted octanol–water partition coefficient (Wildman–Crippen LogP) is -0.746.